The first-order valence-corrected chi connectivity index (χ1v) is 6.82. The zero-order valence-electron chi connectivity index (χ0n) is 11.7. The molecule has 0 amide bonds. The molecule has 2 aromatic heterocycles. The monoisotopic (exact) mass is 281 g/mol. The van der Waals surface area contributed by atoms with Crippen LogP contribution in [0.5, 0.6) is 0 Å². The molecule has 1 saturated heterocycles. The summed E-state index contributed by atoms with van der Waals surface area (Å²) in [6.45, 7) is 1.54. The fourth-order valence-electron chi connectivity index (χ4n) is 2.90. The minimum Gasteiger partial charge on any atom is -0.370 e. The second kappa shape index (κ2) is 4.53. The lowest BCUT2D eigenvalue weighted by molar-refractivity contribution is -0.0384. The van der Waals surface area contributed by atoms with E-state index in [1.54, 1.807) is 19.6 Å². The highest BCUT2D eigenvalue weighted by atomic mass is 16.5. The Hall–Kier alpha value is -2.47. The molecule has 6 nitrogen and oxygen atoms in total. The van der Waals surface area contributed by atoms with Crippen LogP contribution in [0.25, 0.3) is 11.0 Å². The third-order valence-corrected chi connectivity index (χ3v) is 4.11. The Morgan fingerprint density at radius 1 is 1.19 bits per heavy atom. The van der Waals surface area contributed by atoms with E-state index in [-0.39, 0.29) is 5.60 Å². The van der Waals surface area contributed by atoms with Gasteiger partial charge in [0.05, 0.1) is 24.7 Å². The summed E-state index contributed by atoms with van der Waals surface area (Å²) in [6.07, 6.45) is 3.32. The molecule has 0 atom stereocenters. The van der Waals surface area contributed by atoms with Crippen LogP contribution < -0.4 is 4.90 Å². The minimum absolute atomic E-state index is 0.262. The summed E-state index contributed by atoms with van der Waals surface area (Å²) in [6, 6.07) is 10.3. The van der Waals surface area contributed by atoms with Crippen molar-refractivity contribution >= 4 is 16.9 Å². The topological polar surface area (TPSA) is 66.9 Å². The number of benzene rings is 1. The summed E-state index contributed by atoms with van der Waals surface area (Å²) in [5, 5.41) is 7.84. The normalized spacial score (nSPS) is 16.9. The van der Waals surface area contributed by atoms with Crippen molar-refractivity contribution in [2.45, 2.75) is 5.60 Å². The van der Waals surface area contributed by atoms with Gasteiger partial charge in [0.2, 0.25) is 0 Å². The number of hydrogen-bond acceptors (Lipinski definition) is 5. The number of nitrogens with one attached hydrogen (secondary N) is 1. The smallest absolute Gasteiger partial charge is 0.160 e. The van der Waals surface area contributed by atoms with Gasteiger partial charge in [-0.25, -0.2) is 9.97 Å². The molecule has 1 aliphatic rings. The third-order valence-electron chi connectivity index (χ3n) is 4.11. The van der Waals surface area contributed by atoms with Crippen molar-refractivity contribution in [3.8, 4) is 0 Å². The van der Waals surface area contributed by atoms with Crippen LogP contribution in [0.3, 0.4) is 0 Å². The molecule has 21 heavy (non-hydrogen) atoms. The average molecular weight is 281 g/mol. The molecule has 1 aromatic carbocycles. The van der Waals surface area contributed by atoms with Gasteiger partial charge in [0.1, 0.15) is 17.7 Å². The van der Waals surface area contributed by atoms with Crippen LogP contribution in [-0.2, 0) is 10.3 Å². The van der Waals surface area contributed by atoms with Gasteiger partial charge in [-0.1, -0.05) is 30.3 Å². The zero-order valence-corrected chi connectivity index (χ0v) is 11.7. The predicted molar refractivity (Wildman–Crippen MR) is 79.0 cm³/mol. The summed E-state index contributed by atoms with van der Waals surface area (Å²) >= 11 is 0. The van der Waals surface area contributed by atoms with Crippen LogP contribution in [0.15, 0.2) is 42.9 Å². The molecule has 4 rings (SSSR count). The van der Waals surface area contributed by atoms with Gasteiger partial charge >= 0.3 is 0 Å². The van der Waals surface area contributed by atoms with E-state index in [0.717, 1.165) is 29.9 Å². The molecule has 0 saturated carbocycles. The van der Waals surface area contributed by atoms with Crippen LogP contribution >= 0.6 is 0 Å². The number of fused-ring (bicyclic) bond motifs is 1. The molecule has 6 heteroatoms. The maximum absolute atomic E-state index is 5.80. The second-order valence-corrected chi connectivity index (χ2v) is 5.25. The van der Waals surface area contributed by atoms with E-state index in [1.165, 1.54) is 5.56 Å². The molecule has 0 radical (unpaired) electrons. The minimum atomic E-state index is -0.262. The second-order valence-electron chi connectivity index (χ2n) is 5.25. The highest BCUT2D eigenvalue weighted by Crippen LogP contribution is 2.38. The summed E-state index contributed by atoms with van der Waals surface area (Å²) < 4.78 is 5.80. The molecule has 0 aliphatic carbocycles. The van der Waals surface area contributed by atoms with E-state index in [4.69, 9.17) is 4.74 Å². The van der Waals surface area contributed by atoms with Gasteiger partial charge in [-0.05, 0) is 5.56 Å². The average Bonchev–Trinajstić information content (AvgIpc) is 2.97. The van der Waals surface area contributed by atoms with E-state index in [1.807, 2.05) is 18.2 Å². The lowest BCUT2D eigenvalue weighted by Crippen LogP contribution is -2.61. The van der Waals surface area contributed by atoms with Crippen molar-refractivity contribution in [1.29, 1.82) is 0 Å². The highest BCUT2D eigenvalue weighted by molar-refractivity contribution is 5.86. The van der Waals surface area contributed by atoms with Crippen molar-refractivity contribution in [3.05, 3.63) is 48.4 Å². The number of hydrogen-bond donors (Lipinski definition) is 1. The Labute approximate surface area is 121 Å². The zero-order chi connectivity index (χ0) is 14.3. The molecule has 106 valence electrons. The van der Waals surface area contributed by atoms with E-state index in [0.29, 0.717) is 0 Å². The first-order valence-electron chi connectivity index (χ1n) is 6.82. The van der Waals surface area contributed by atoms with Gasteiger partial charge < -0.3 is 9.64 Å². The Kier molecular flexibility index (Phi) is 2.65. The summed E-state index contributed by atoms with van der Waals surface area (Å²) in [5.41, 5.74) is 1.69. The maximum atomic E-state index is 5.80. The standard InChI is InChI=1S/C15H15N5O/c1-21-15(11-5-3-2-4-6-11)8-20(9-15)14-12-7-18-19-13(12)16-10-17-14/h2-7,10H,8-9H2,1H3,(H,16,17,18,19). The third kappa shape index (κ3) is 1.80. The van der Waals surface area contributed by atoms with Crippen LogP contribution in [0, 0.1) is 0 Å². The molecule has 3 aromatic rings. The van der Waals surface area contributed by atoms with Crippen molar-refractivity contribution in [1.82, 2.24) is 20.2 Å². The number of rotatable bonds is 3. The molecule has 0 spiro atoms. The number of aromatic nitrogens is 4. The quantitative estimate of drug-likeness (QED) is 0.791. The Balaban J connectivity index is 1.66. The Bertz CT molecular complexity index is 764. The number of ether oxygens (including phenoxy) is 1. The fourth-order valence-corrected chi connectivity index (χ4v) is 2.90. The molecular weight excluding hydrogens is 266 g/mol. The molecule has 3 heterocycles. The number of methoxy groups -OCH3 is 1. The van der Waals surface area contributed by atoms with Crippen LogP contribution in [0.2, 0.25) is 0 Å². The lowest BCUT2D eigenvalue weighted by Gasteiger charge is -2.50. The van der Waals surface area contributed by atoms with Crippen molar-refractivity contribution in [2.24, 2.45) is 0 Å². The molecule has 1 aliphatic heterocycles. The number of aromatic amines is 1. The SMILES string of the molecule is COC1(c2ccccc2)CN(c2ncnc3[nH]ncc23)C1. The van der Waals surface area contributed by atoms with E-state index in [9.17, 15) is 0 Å². The van der Waals surface area contributed by atoms with E-state index < -0.39 is 0 Å². The lowest BCUT2D eigenvalue weighted by atomic mass is 9.85. The van der Waals surface area contributed by atoms with E-state index >= 15 is 0 Å². The van der Waals surface area contributed by atoms with Crippen LogP contribution in [0.4, 0.5) is 5.82 Å². The van der Waals surface area contributed by atoms with Crippen LogP contribution in [0.1, 0.15) is 5.56 Å². The number of anilines is 1. The molecule has 0 bridgehead atoms. The Morgan fingerprint density at radius 3 is 2.76 bits per heavy atom. The van der Waals surface area contributed by atoms with Crippen molar-refractivity contribution < 1.29 is 4.74 Å². The number of H-pyrrole nitrogens is 1. The number of nitrogens with zero attached hydrogens (tertiary/aromatic N) is 4. The highest BCUT2D eigenvalue weighted by Gasteiger charge is 2.45. The summed E-state index contributed by atoms with van der Waals surface area (Å²) in [7, 11) is 1.76. The molecule has 1 fully saturated rings. The molecular formula is C15H15N5O. The van der Waals surface area contributed by atoms with E-state index in [2.05, 4.69) is 37.2 Å². The van der Waals surface area contributed by atoms with Gasteiger partial charge in [-0.2, -0.15) is 5.10 Å². The first kappa shape index (κ1) is 12.3. The van der Waals surface area contributed by atoms with Crippen LogP contribution in [-0.4, -0.2) is 40.4 Å². The summed E-state index contributed by atoms with van der Waals surface area (Å²) in [4.78, 5) is 10.8. The predicted octanol–water partition coefficient (Wildman–Crippen LogP) is 1.71. The van der Waals surface area contributed by atoms with Crippen molar-refractivity contribution in [2.75, 3.05) is 25.1 Å². The van der Waals surface area contributed by atoms with Gasteiger partial charge in [0.15, 0.2) is 5.65 Å². The fraction of sp³-hybridized carbons (Fsp3) is 0.267. The van der Waals surface area contributed by atoms with Gasteiger partial charge in [0, 0.05) is 7.11 Å². The Morgan fingerprint density at radius 2 is 2.00 bits per heavy atom. The molecule has 1 N–H and O–H groups in total. The van der Waals surface area contributed by atoms with Gasteiger partial charge in [-0.3, -0.25) is 5.10 Å². The first-order chi connectivity index (χ1) is 10.3. The van der Waals surface area contributed by atoms with Gasteiger partial charge in [-0.15, -0.1) is 0 Å². The summed E-state index contributed by atoms with van der Waals surface area (Å²) in [5.74, 6) is 0.900. The molecule has 0 unspecified atom stereocenters. The maximum Gasteiger partial charge on any atom is 0.160 e. The van der Waals surface area contributed by atoms with Crippen molar-refractivity contribution in [3.63, 3.8) is 0 Å². The van der Waals surface area contributed by atoms with Gasteiger partial charge in [0.25, 0.3) is 0 Å². The largest absolute Gasteiger partial charge is 0.370 e.